The van der Waals surface area contributed by atoms with E-state index in [0.717, 1.165) is 42.8 Å². The van der Waals surface area contributed by atoms with Gasteiger partial charge in [-0.05, 0) is 61.9 Å². The second kappa shape index (κ2) is 8.30. The summed E-state index contributed by atoms with van der Waals surface area (Å²) < 4.78 is 8.10. The summed E-state index contributed by atoms with van der Waals surface area (Å²) in [5.74, 6) is 1.15. The van der Waals surface area contributed by atoms with E-state index in [1.54, 1.807) is 6.20 Å². The molecule has 160 valence electrons. The van der Waals surface area contributed by atoms with Crippen molar-refractivity contribution in [3.05, 3.63) is 64.8 Å². The third kappa shape index (κ3) is 4.02. The molecule has 7 nitrogen and oxygen atoms in total. The zero-order chi connectivity index (χ0) is 21.4. The molecule has 1 unspecified atom stereocenters. The van der Waals surface area contributed by atoms with Crippen LogP contribution in [-0.4, -0.2) is 36.9 Å². The van der Waals surface area contributed by atoms with Gasteiger partial charge in [-0.3, -0.25) is 9.36 Å². The number of aromatic nitrogens is 4. The number of ether oxygens (including phenoxy) is 1. The van der Waals surface area contributed by atoms with Gasteiger partial charge in [0, 0.05) is 29.6 Å². The van der Waals surface area contributed by atoms with Gasteiger partial charge in [0.15, 0.2) is 0 Å². The van der Waals surface area contributed by atoms with E-state index in [4.69, 9.17) is 16.3 Å². The fourth-order valence-electron chi connectivity index (χ4n) is 4.68. The highest BCUT2D eigenvalue weighted by atomic mass is 35.5. The summed E-state index contributed by atoms with van der Waals surface area (Å²) in [6.07, 6.45) is 6.34. The van der Waals surface area contributed by atoms with Crippen LogP contribution in [0.2, 0.25) is 5.02 Å². The number of carboxylic acid groups (broad SMARTS) is 1. The van der Waals surface area contributed by atoms with E-state index in [1.807, 2.05) is 36.4 Å². The summed E-state index contributed by atoms with van der Waals surface area (Å²) in [6.45, 7) is 0. The van der Waals surface area contributed by atoms with Crippen molar-refractivity contribution in [3.63, 3.8) is 0 Å². The maximum Gasteiger partial charge on any atom is 0.307 e. The third-order valence-corrected chi connectivity index (χ3v) is 6.48. The summed E-state index contributed by atoms with van der Waals surface area (Å²) in [5, 5.41) is 19.2. The first-order chi connectivity index (χ1) is 15.1. The van der Waals surface area contributed by atoms with Crippen LogP contribution in [0.3, 0.4) is 0 Å². The molecule has 0 amide bonds. The molecule has 8 heteroatoms. The van der Waals surface area contributed by atoms with Gasteiger partial charge in [-0.1, -0.05) is 17.7 Å². The lowest BCUT2D eigenvalue weighted by Gasteiger charge is -2.28. The predicted molar refractivity (Wildman–Crippen MR) is 115 cm³/mol. The number of aliphatic carboxylic acids is 1. The summed E-state index contributed by atoms with van der Waals surface area (Å²) >= 11 is 6.22. The van der Waals surface area contributed by atoms with Crippen molar-refractivity contribution in [2.75, 3.05) is 0 Å². The molecule has 1 N–H and O–H groups in total. The Morgan fingerprint density at radius 1 is 1.10 bits per heavy atom. The Hall–Kier alpha value is -2.93. The van der Waals surface area contributed by atoms with Crippen molar-refractivity contribution in [1.29, 1.82) is 0 Å². The van der Waals surface area contributed by atoms with Crippen molar-refractivity contribution in [2.45, 2.75) is 50.5 Å². The molecule has 1 saturated carbocycles. The molecule has 1 fully saturated rings. The van der Waals surface area contributed by atoms with Crippen LogP contribution in [0.25, 0.3) is 5.69 Å². The highest BCUT2D eigenvalue weighted by Gasteiger charge is 2.33. The van der Waals surface area contributed by atoms with E-state index in [-0.39, 0.29) is 12.0 Å². The summed E-state index contributed by atoms with van der Waals surface area (Å²) in [4.78, 5) is 16.1. The molecule has 0 saturated heterocycles. The Morgan fingerprint density at radius 3 is 2.68 bits per heavy atom. The van der Waals surface area contributed by atoms with Gasteiger partial charge in [0.25, 0.3) is 0 Å². The molecular weight excluding hydrogens is 416 g/mol. The molecule has 0 spiro atoms. The number of hydrogen-bond donors (Lipinski definition) is 1. The summed E-state index contributed by atoms with van der Waals surface area (Å²) in [6, 6.07) is 11.3. The number of nitrogens with zero attached hydrogens (tertiary/aromatic N) is 4. The number of hydrogen-bond acceptors (Lipinski definition) is 5. The van der Waals surface area contributed by atoms with Crippen molar-refractivity contribution >= 4 is 17.6 Å². The fraction of sp³-hybridized carbons (Fsp3) is 0.391. The topological polar surface area (TPSA) is 90.1 Å². The highest BCUT2D eigenvalue weighted by molar-refractivity contribution is 6.30. The number of carbonyl (C=O) groups is 1. The molecule has 1 aromatic carbocycles. The largest absolute Gasteiger partial charge is 0.481 e. The molecule has 3 heterocycles. The van der Waals surface area contributed by atoms with Crippen LogP contribution in [-0.2, 0) is 17.6 Å². The summed E-state index contributed by atoms with van der Waals surface area (Å²) in [5.41, 5.74) is 1.86. The molecule has 3 aromatic rings. The van der Waals surface area contributed by atoms with Gasteiger partial charge >= 0.3 is 5.97 Å². The predicted octanol–water partition coefficient (Wildman–Crippen LogP) is 4.22. The van der Waals surface area contributed by atoms with Crippen LogP contribution in [0, 0.1) is 5.92 Å². The number of rotatable bonds is 4. The zero-order valence-corrected chi connectivity index (χ0v) is 17.7. The molecule has 5 rings (SSSR count). The second-order valence-electron chi connectivity index (χ2n) is 8.29. The minimum Gasteiger partial charge on any atom is -0.481 e. The van der Waals surface area contributed by atoms with Crippen molar-refractivity contribution in [2.24, 2.45) is 5.92 Å². The molecule has 1 aliphatic carbocycles. The Balaban J connectivity index is 1.41. The van der Waals surface area contributed by atoms with Crippen LogP contribution in [0.15, 0.2) is 42.6 Å². The Labute approximate surface area is 185 Å². The van der Waals surface area contributed by atoms with Crippen LogP contribution >= 0.6 is 11.6 Å². The molecule has 0 radical (unpaired) electrons. The maximum atomic E-state index is 11.8. The SMILES string of the molecule is O=C(O)C1Cc2cc(Cl)ccc2-n2c(nnc2[C@H]2CC[C@H](Oc3ccccn3)CC2)C1. The van der Waals surface area contributed by atoms with Crippen LogP contribution in [0.4, 0.5) is 0 Å². The molecular formula is C23H23ClN4O3. The van der Waals surface area contributed by atoms with E-state index >= 15 is 0 Å². The molecule has 2 aromatic heterocycles. The van der Waals surface area contributed by atoms with Crippen molar-refractivity contribution in [1.82, 2.24) is 19.7 Å². The lowest BCUT2D eigenvalue weighted by Crippen LogP contribution is -2.25. The zero-order valence-electron chi connectivity index (χ0n) is 16.9. The molecule has 1 aliphatic heterocycles. The van der Waals surface area contributed by atoms with Gasteiger partial charge in [-0.2, -0.15) is 0 Å². The lowest BCUT2D eigenvalue weighted by molar-refractivity contribution is -0.141. The molecule has 1 atom stereocenters. The number of pyridine rings is 1. The van der Waals surface area contributed by atoms with E-state index < -0.39 is 11.9 Å². The molecule has 31 heavy (non-hydrogen) atoms. The van der Waals surface area contributed by atoms with Crippen LogP contribution < -0.4 is 4.74 Å². The first-order valence-corrected chi connectivity index (χ1v) is 11.0. The van der Waals surface area contributed by atoms with E-state index in [0.29, 0.717) is 29.6 Å². The van der Waals surface area contributed by atoms with Crippen LogP contribution in [0.1, 0.15) is 48.8 Å². The minimum atomic E-state index is -0.823. The Morgan fingerprint density at radius 2 is 1.94 bits per heavy atom. The minimum absolute atomic E-state index is 0.139. The van der Waals surface area contributed by atoms with Crippen molar-refractivity contribution < 1.29 is 14.6 Å². The van der Waals surface area contributed by atoms with E-state index in [2.05, 4.69) is 19.7 Å². The van der Waals surface area contributed by atoms with Crippen LogP contribution in [0.5, 0.6) is 5.88 Å². The number of fused-ring (bicyclic) bond motifs is 3. The number of carboxylic acids is 1. The highest BCUT2D eigenvalue weighted by Crippen LogP contribution is 2.37. The quantitative estimate of drug-likeness (QED) is 0.655. The Bertz CT molecular complexity index is 1090. The fourth-order valence-corrected chi connectivity index (χ4v) is 4.88. The average molecular weight is 439 g/mol. The second-order valence-corrected chi connectivity index (χ2v) is 8.72. The summed E-state index contributed by atoms with van der Waals surface area (Å²) in [7, 11) is 0. The van der Waals surface area contributed by atoms with Gasteiger partial charge in [0.2, 0.25) is 5.88 Å². The Kier molecular flexibility index (Phi) is 5.36. The van der Waals surface area contributed by atoms with Gasteiger partial charge < -0.3 is 9.84 Å². The number of halogens is 1. The monoisotopic (exact) mass is 438 g/mol. The van der Waals surface area contributed by atoms with Gasteiger partial charge in [0.1, 0.15) is 17.8 Å². The van der Waals surface area contributed by atoms with Gasteiger partial charge in [-0.15, -0.1) is 10.2 Å². The average Bonchev–Trinajstić information content (AvgIpc) is 3.10. The standard InChI is InChI=1S/C23H23ClN4O3/c24-17-6-9-19-15(12-17)11-16(23(29)30)13-20-26-27-22(28(19)20)14-4-7-18(8-5-14)31-21-3-1-2-10-25-21/h1-3,6,9-10,12,14,16,18H,4-5,7-8,11,13H2,(H,29,30)/t14-,16?,18-. The first-order valence-electron chi connectivity index (χ1n) is 10.6. The molecule has 2 aliphatic rings. The van der Waals surface area contributed by atoms with E-state index in [9.17, 15) is 9.90 Å². The smallest absolute Gasteiger partial charge is 0.307 e. The lowest BCUT2D eigenvalue weighted by atomic mass is 9.86. The van der Waals surface area contributed by atoms with Gasteiger partial charge in [0.05, 0.1) is 11.6 Å². The maximum absolute atomic E-state index is 11.8. The third-order valence-electron chi connectivity index (χ3n) is 6.25. The van der Waals surface area contributed by atoms with E-state index in [1.165, 1.54) is 0 Å². The first kappa shape index (κ1) is 20.0. The van der Waals surface area contributed by atoms with Gasteiger partial charge in [-0.25, -0.2) is 4.98 Å². The van der Waals surface area contributed by atoms with Crippen molar-refractivity contribution in [3.8, 4) is 11.6 Å². The molecule has 0 bridgehead atoms. The number of benzene rings is 1. The normalized spacial score (nSPS) is 22.8.